The summed E-state index contributed by atoms with van der Waals surface area (Å²) in [5, 5.41) is 0. The molecule has 15 heavy (non-hydrogen) atoms. The first-order valence-electron chi connectivity index (χ1n) is 5.07. The minimum atomic E-state index is 0.0157. The molecule has 1 aromatic rings. The number of Topliss-reactive ketones (excluding diaryl/α,β-unsaturated/α-hetero) is 1. The van der Waals surface area contributed by atoms with Crippen LogP contribution in [-0.4, -0.2) is 5.78 Å². The molecule has 0 atom stereocenters. The molecule has 0 bridgehead atoms. The number of carbonyl (C=O) groups excluding carboxylic acids is 1. The van der Waals surface area contributed by atoms with Gasteiger partial charge in [0.2, 0.25) is 0 Å². The van der Waals surface area contributed by atoms with Crippen LogP contribution in [0.4, 0.5) is 0 Å². The average molecular weight is 204 g/mol. The monoisotopic (exact) mass is 204 g/mol. The van der Waals surface area contributed by atoms with Crippen molar-refractivity contribution in [3.63, 3.8) is 0 Å². The lowest BCUT2D eigenvalue weighted by Gasteiger charge is -2.05. The highest BCUT2D eigenvalue weighted by Crippen LogP contribution is 2.16. The first kappa shape index (κ1) is 11.5. The van der Waals surface area contributed by atoms with E-state index in [4.69, 9.17) is 4.74 Å². The fourth-order valence-electron chi connectivity index (χ4n) is 1.20. The molecule has 0 aliphatic heterocycles. The van der Waals surface area contributed by atoms with Crippen LogP contribution in [0.3, 0.4) is 0 Å². The van der Waals surface area contributed by atoms with Crippen molar-refractivity contribution in [2.75, 3.05) is 0 Å². The molecule has 0 heterocycles. The van der Waals surface area contributed by atoms with E-state index in [1.54, 1.807) is 18.4 Å². The van der Waals surface area contributed by atoms with Crippen LogP contribution in [0.25, 0.3) is 0 Å². The average Bonchev–Trinajstić information content (AvgIpc) is 2.25. The summed E-state index contributed by atoms with van der Waals surface area (Å²) in [5.74, 6) is 0.850. The Morgan fingerprint density at radius 1 is 1.40 bits per heavy atom. The second-order valence-corrected chi connectivity index (χ2v) is 3.63. The SMILES string of the molecule is CC=COc1cccc(C(=O)C(C)C)c1. The number of ketones is 1. The van der Waals surface area contributed by atoms with E-state index >= 15 is 0 Å². The Hall–Kier alpha value is -1.57. The van der Waals surface area contributed by atoms with Crippen molar-refractivity contribution in [1.29, 1.82) is 0 Å². The van der Waals surface area contributed by atoms with Crippen LogP contribution in [0.15, 0.2) is 36.6 Å². The molecule has 0 N–H and O–H groups in total. The van der Waals surface area contributed by atoms with Gasteiger partial charge in [0.05, 0.1) is 6.26 Å². The van der Waals surface area contributed by atoms with Crippen molar-refractivity contribution >= 4 is 5.78 Å². The summed E-state index contributed by atoms with van der Waals surface area (Å²) < 4.78 is 5.29. The third-order valence-corrected chi connectivity index (χ3v) is 1.98. The molecule has 0 radical (unpaired) electrons. The zero-order valence-corrected chi connectivity index (χ0v) is 9.36. The number of hydrogen-bond acceptors (Lipinski definition) is 2. The molecule has 80 valence electrons. The van der Waals surface area contributed by atoms with Crippen LogP contribution in [0.2, 0.25) is 0 Å². The van der Waals surface area contributed by atoms with Crippen LogP contribution in [0.1, 0.15) is 31.1 Å². The molecular weight excluding hydrogens is 188 g/mol. The summed E-state index contributed by atoms with van der Waals surface area (Å²) in [6.07, 6.45) is 3.40. The fourth-order valence-corrected chi connectivity index (χ4v) is 1.20. The maximum atomic E-state index is 11.7. The zero-order chi connectivity index (χ0) is 11.3. The van der Waals surface area contributed by atoms with Gasteiger partial charge in [0.25, 0.3) is 0 Å². The third-order valence-electron chi connectivity index (χ3n) is 1.98. The summed E-state index contributed by atoms with van der Waals surface area (Å²) in [6.45, 7) is 5.66. The van der Waals surface area contributed by atoms with Gasteiger partial charge in [-0.05, 0) is 19.1 Å². The van der Waals surface area contributed by atoms with Crippen LogP contribution in [-0.2, 0) is 0 Å². The quantitative estimate of drug-likeness (QED) is 0.554. The van der Waals surface area contributed by atoms with Gasteiger partial charge in [0, 0.05) is 11.5 Å². The van der Waals surface area contributed by atoms with E-state index in [0.29, 0.717) is 11.3 Å². The summed E-state index contributed by atoms with van der Waals surface area (Å²) in [5.41, 5.74) is 0.701. The van der Waals surface area contributed by atoms with E-state index in [1.807, 2.05) is 39.0 Å². The summed E-state index contributed by atoms with van der Waals surface area (Å²) in [6, 6.07) is 7.23. The van der Waals surface area contributed by atoms with E-state index in [-0.39, 0.29) is 11.7 Å². The van der Waals surface area contributed by atoms with Gasteiger partial charge >= 0.3 is 0 Å². The minimum Gasteiger partial charge on any atom is -0.465 e. The van der Waals surface area contributed by atoms with Crippen LogP contribution >= 0.6 is 0 Å². The lowest BCUT2D eigenvalue weighted by atomic mass is 10.0. The smallest absolute Gasteiger partial charge is 0.165 e. The van der Waals surface area contributed by atoms with Gasteiger partial charge < -0.3 is 4.74 Å². The van der Waals surface area contributed by atoms with E-state index in [2.05, 4.69) is 0 Å². The minimum absolute atomic E-state index is 0.0157. The Labute approximate surface area is 90.6 Å². The summed E-state index contributed by atoms with van der Waals surface area (Å²) in [7, 11) is 0. The van der Waals surface area contributed by atoms with Gasteiger partial charge in [-0.3, -0.25) is 4.79 Å². The number of ether oxygens (including phenoxy) is 1. The highest BCUT2D eigenvalue weighted by molar-refractivity contribution is 5.97. The van der Waals surface area contributed by atoms with Gasteiger partial charge in [-0.1, -0.05) is 32.1 Å². The van der Waals surface area contributed by atoms with Crippen LogP contribution < -0.4 is 4.74 Å². The number of carbonyl (C=O) groups is 1. The predicted molar refractivity (Wildman–Crippen MR) is 61.1 cm³/mol. The Balaban J connectivity index is 2.87. The highest BCUT2D eigenvalue weighted by atomic mass is 16.5. The first-order chi connectivity index (χ1) is 7.15. The maximum Gasteiger partial charge on any atom is 0.165 e. The Morgan fingerprint density at radius 3 is 2.73 bits per heavy atom. The van der Waals surface area contributed by atoms with E-state index in [9.17, 15) is 4.79 Å². The zero-order valence-electron chi connectivity index (χ0n) is 9.36. The molecule has 0 saturated carbocycles. The number of rotatable bonds is 4. The van der Waals surface area contributed by atoms with Crippen molar-refractivity contribution in [3.8, 4) is 5.75 Å². The lowest BCUT2D eigenvalue weighted by molar-refractivity contribution is 0.0939. The largest absolute Gasteiger partial charge is 0.465 e. The molecule has 2 heteroatoms. The molecule has 1 aromatic carbocycles. The maximum absolute atomic E-state index is 11.7. The number of allylic oxidation sites excluding steroid dienone is 1. The number of benzene rings is 1. The molecule has 0 unspecified atom stereocenters. The molecule has 0 fully saturated rings. The summed E-state index contributed by atoms with van der Waals surface area (Å²) in [4.78, 5) is 11.7. The molecule has 0 spiro atoms. The van der Waals surface area contributed by atoms with Crippen molar-refractivity contribution in [1.82, 2.24) is 0 Å². The van der Waals surface area contributed by atoms with Gasteiger partial charge in [-0.25, -0.2) is 0 Å². The van der Waals surface area contributed by atoms with Crippen molar-refractivity contribution in [2.24, 2.45) is 5.92 Å². The highest BCUT2D eigenvalue weighted by Gasteiger charge is 2.10. The van der Waals surface area contributed by atoms with Gasteiger partial charge in [-0.15, -0.1) is 0 Å². The second-order valence-electron chi connectivity index (χ2n) is 3.63. The molecule has 0 saturated heterocycles. The Morgan fingerprint density at radius 2 is 2.13 bits per heavy atom. The van der Waals surface area contributed by atoms with Crippen LogP contribution in [0, 0.1) is 5.92 Å². The molecule has 0 aliphatic rings. The molecular formula is C13H16O2. The Kier molecular flexibility index (Phi) is 4.10. The van der Waals surface area contributed by atoms with Gasteiger partial charge in [0.1, 0.15) is 5.75 Å². The normalized spacial score (nSPS) is 10.9. The predicted octanol–water partition coefficient (Wildman–Crippen LogP) is 3.44. The number of hydrogen-bond donors (Lipinski definition) is 0. The molecule has 1 rings (SSSR count). The van der Waals surface area contributed by atoms with Crippen molar-refractivity contribution in [3.05, 3.63) is 42.2 Å². The fraction of sp³-hybridized carbons (Fsp3) is 0.308. The summed E-state index contributed by atoms with van der Waals surface area (Å²) >= 11 is 0. The topological polar surface area (TPSA) is 26.3 Å². The first-order valence-corrected chi connectivity index (χ1v) is 5.07. The van der Waals surface area contributed by atoms with E-state index in [1.165, 1.54) is 0 Å². The van der Waals surface area contributed by atoms with E-state index in [0.717, 1.165) is 0 Å². The Bertz CT molecular complexity index is 365. The van der Waals surface area contributed by atoms with Gasteiger partial charge in [0.15, 0.2) is 5.78 Å². The van der Waals surface area contributed by atoms with Crippen molar-refractivity contribution in [2.45, 2.75) is 20.8 Å². The standard InChI is InChI=1S/C13H16O2/c1-4-8-15-12-7-5-6-11(9-12)13(14)10(2)3/h4-10H,1-3H3. The van der Waals surface area contributed by atoms with Crippen molar-refractivity contribution < 1.29 is 9.53 Å². The molecule has 2 nitrogen and oxygen atoms in total. The second kappa shape index (κ2) is 5.35. The van der Waals surface area contributed by atoms with Crippen LogP contribution in [0.5, 0.6) is 5.75 Å². The third kappa shape index (κ3) is 3.24. The molecule has 0 amide bonds. The molecule has 0 aromatic heterocycles. The van der Waals surface area contributed by atoms with Gasteiger partial charge in [-0.2, -0.15) is 0 Å². The van der Waals surface area contributed by atoms with E-state index < -0.39 is 0 Å². The lowest BCUT2D eigenvalue weighted by Crippen LogP contribution is -2.07. The molecule has 0 aliphatic carbocycles.